The van der Waals surface area contributed by atoms with Crippen LogP contribution in [0.1, 0.15) is 0 Å². The molecule has 0 aliphatic heterocycles. The number of rotatable bonds is 4. The molecule has 0 aliphatic carbocycles. The Hall–Kier alpha value is -7.63. The molecular formula is C51H30N4O. The maximum atomic E-state index is 6.33. The second-order valence-corrected chi connectivity index (χ2v) is 14.3. The minimum atomic E-state index is 0.587. The second kappa shape index (κ2) is 11.9. The molecular weight excluding hydrogens is 685 g/mol. The van der Waals surface area contributed by atoms with Gasteiger partial charge in [-0.1, -0.05) is 152 Å². The van der Waals surface area contributed by atoms with E-state index in [4.69, 9.17) is 19.4 Å². The van der Waals surface area contributed by atoms with Crippen molar-refractivity contribution in [2.45, 2.75) is 0 Å². The summed E-state index contributed by atoms with van der Waals surface area (Å²) in [7, 11) is 0. The lowest BCUT2D eigenvalue weighted by atomic mass is 10.00. The standard InChI is InChI=1S/C51H30N4O/c1-2-16-34(17-3-1)49-52-50(39-22-12-24-44-45(39)38-21-10-11-23-43(38)56-44)54-51(53-49)40-28-25-33-15-6-9-20-37(33)48(40)55-41-29-26-31-13-4-7-18-35(31)46(41)47-36-19-8-5-14-32(36)27-30-42(47)55/h1-30H. The van der Waals surface area contributed by atoms with Crippen molar-refractivity contribution in [3.05, 3.63) is 182 Å². The molecule has 0 saturated heterocycles. The SMILES string of the molecule is c1ccc(-c2nc(-c3ccc4ccccc4c3-n3c4ccc5ccccc5c4c4c5ccccc5ccc43)nc(-c3cccc4oc5ccccc5c34)n2)cc1. The largest absolute Gasteiger partial charge is 0.456 e. The molecule has 0 aliphatic rings. The average molecular weight is 715 g/mol. The molecule has 9 aromatic carbocycles. The van der Waals surface area contributed by atoms with Gasteiger partial charge in [-0.2, -0.15) is 0 Å². The minimum absolute atomic E-state index is 0.587. The Morgan fingerprint density at radius 2 is 0.857 bits per heavy atom. The molecule has 0 unspecified atom stereocenters. The Bertz CT molecular complexity index is 3450. The zero-order chi connectivity index (χ0) is 36.7. The maximum absolute atomic E-state index is 6.33. The van der Waals surface area contributed by atoms with Gasteiger partial charge >= 0.3 is 0 Å². The minimum Gasteiger partial charge on any atom is -0.456 e. The van der Waals surface area contributed by atoms with Gasteiger partial charge in [-0.3, -0.25) is 0 Å². The predicted molar refractivity (Wildman–Crippen MR) is 230 cm³/mol. The molecule has 0 atom stereocenters. The van der Waals surface area contributed by atoms with Crippen LogP contribution in [0.2, 0.25) is 0 Å². The van der Waals surface area contributed by atoms with Crippen LogP contribution in [0.5, 0.6) is 0 Å². The lowest BCUT2D eigenvalue weighted by Gasteiger charge is -2.17. The van der Waals surface area contributed by atoms with Crippen LogP contribution in [0, 0.1) is 0 Å². The summed E-state index contributed by atoms with van der Waals surface area (Å²) >= 11 is 0. The normalized spacial score (nSPS) is 11.9. The van der Waals surface area contributed by atoms with E-state index in [2.05, 4.69) is 138 Å². The molecule has 260 valence electrons. The highest BCUT2D eigenvalue weighted by molar-refractivity contribution is 6.29. The van der Waals surface area contributed by atoms with Gasteiger partial charge in [0.15, 0.2) is 17.5 Å². The number of hydrogen-bond acceptors (Lipinski definition) is 4. The molecule has 3 aromatic heterocycles. The summed E-state index contributed by atoms with van der Waals surface area (Å²) in [4.78, 5) is 15.9. The molecule has 12 rings (SSSR count). The van der Waals surface area contributed by atoms with E-state index >= 15 is 0 Å². The Kier molecular flexibility index (Phi) is 6.56. The summed E-state index contributed by atoms with van der Waals surface area (Å²) < 4.78 is 8.77. The van der Waals surface area contributed by atoms with Crippen molar-refractivity contribution in [2.24, 2.45) is 0 Å². The van der Waals surface area contributed by atoms with Crippen LogP contribution in [0.15, 0.2) is 186 Å². The van der Waals surface area contributed by atoms with Crippen LogP contribution >= 0.6 is 0 Å². The number of aromatic nitrogens is 4. The highest BCUT2D eigenvalue weighted by atomic mass is 16.3. The van der Waals surface area contributed by atoms with Gasteiger partial charge < -0.3 is 8.98 Å². The highest BCUT2D eigenvalue weighted by Gasteiger charge is 2.24. The number of hydrogen-bond donors (Lipinski definition) is 0. The van der Waals surface area contributed by atoms with E-state index in [0.29, 0.717) is 17.5 Å². The summed E-state index contributed by atoms with van der Waals surface area (Å²) in [6, 6.07) is 63.9. The molecule has 5 heteroatoms. The number of furan rings is 1. The second-order valence-electron chi connectivity index (χ2n) is 14.3. The van der Waals surface area contributed by atoms with Crippen molar-refractivity contribution >= 4 is 76.1 Å². The number of para-hydroxylation sites is 1. The first-order valence-corrected chi connectivity index (χ1v) is 18.9. The van der Waals surface area contributed by atoms with Gasteiger partial charge in [-0.05, 0) is 57.3 Å². The van der Waals surface area contributed by atoms with E-state index < -0.39 is 0 Å². The van der Waals surface area contributed by atoms with E-state index in [1.807, 2.05) is 48.5 Å². The molecule has 5 nitrogen and oxygen atoms in total. The summed E-state index contributed by atoms with van der Waals surface area (Å²) in [6.45, 7) is 0. The smallest absolute Gasteiger partial charge is 0.166 e. The zero-order valence-electron chi connectivity index (χ0n) is 30.0. The summed E-state index contributed by atoms with van der Waals surface area (Å²) in [5.41, 5.74) is 7.62. The maximum Gasteiger partial charge on any atom is 0.166 e. The first-order chi connectivity index (χ1) is 27.8. The van der Waals surface area contributed by atoms with Crippen molar-refractivity contribution < 1.29 is 4.42 Å². The monoisotopic (exact) mass is 714 g/mol. The summed E-state index contributed by atoms with van der Waals surface area (Å²) in [6.07, 6.45) is 0. The third-order valence-electron chi connectivity index (χ3n) is 11.2. The van der Waals surface area contributed by atoms with Crippen LogP contribution in [-0.2, 0) is 0 Å². The molecule has 56 heavy (non-hydrogen) atoms. The molecule has 0 radical (unpaired) electrons. The fourth-order valence-corrected chi connectivity index (χ4v) is 8.76. The van der Waals surface area contributed by atoms with Gasteiger partial charge in [-0.25, -0.2) is 15.0 Å². The van der Waals surface area contributed by atoms with E-state index in [1.165, 1.54) is 32.3 Å². The van der Waals surface area contributed by atoms with Gasteiger partial charge in [0.05, 0.1) is 16.7 Å². The average Bonchev–Trinajstić information content (AvgIpc) is 3.82. The molecule has 0 fully saturated rings. The Labute approximate surface area is 320 Å². The van der Waals surface area contributed by atoms with Crippen molar-refractivity contribution in [1.82, 2.24) is 19.5 Å². The third-order valence-corrected chi connectivity index (χ3v) is 11.2. The van der Waals surface area contributed by atoms with Crippen LogP contribution in [0.3, 0.4) is 0 Å². The van der Waals surface area contributed by atoms with Crippen molar-refractivity contribution in [3.63, 3.8) is 0 Å². The van der Waals surface area contributed by atoms with E-state index in [1.54, 1.807) is 0 Å². The zero-order valence-corrected chi connectivity index (χ0v) is 30.0. The van der Waals surface area contributed by atoms with Crippen molar-refractivity contribution in [2.75, 3.05) is 0 Å². The van der Waals surface area contributed by atoms with Gasteiger partial charge in [0.2, 0.25) is 0 Å². The number of benzene rings is 9. The van der Waals surface area contributed by atoms with Gasteiger partial charge in [0, 0.05) is 43.6 Å². The molecule has 0 amide bonds. The van der Waals surface area contributed by atoms with Crippen LogP contribution < -0.4 is 0 Å². The lowest BCUT2D eigenvalue weighted by Crippen LogP contribution is -2.04. The molecule has 0 saturated carbocycles. The van der Waals surface area contributed by atoms with Crippen LogP contribution in [0.4, 0.5) is 0 Å². The third kappa shape index (κ3) is 4.52. The van der Waals surface area contributed by atoms with Crippen molar-refractivity contribution in [1.29, 1.82) is 0 Å². The molecule has 0 spiro atoms. The first kappa shape index (κ1) is 30.8. The van der Waals surface area contributed by atoms with Crippen LogP contribution in [-0.4, -0.2) is 19.5 Å². The van der Waals surface area contributed by atoms with Crippen LogP contribution in [0.25, 0.3) is 116 Å². The fraction of sp³-hybridized carbons (Fsp3) is 0. The first-order valence-electron chi connectivity index (χ1n) is 18.9. The van der Waals surface area contributed by atoms with Crippen molar-refractivity contribution in [3.8, 4) is 39.9 Å². The van der Waals surface area contributed by atoms with E-state index in [9.17, 15) is 0 Å². The Morgan fingerprint density at radius 1 is 0.339 bits per heavy atom. The number of nitrogens with zero attached hydrogens (tertiary/aromatic N) is 4. The molecule has 0 N–H and O–H groups in total. The van der Waals surface area contributed by atoms with Gasteiger partial charge in [-0.15, -0.1) is 0 Å². The van der Waals surface area contributed by atoms with Gasteiger partial charge in [0.1, 0.15) is 11.2 Å². The lowest BCUT2D eigenvalue weighted by molar-refractivity contribution is 0.669. The topological polar surface area (TPSA) is 56.7 Å². The summed E-state index contributed by atoms with van der Waals surface area (Å²) in [5.74, 6) is 1.79. The number of fused-ring (bicyclic) bond motifs is 11. The quantitative estimate of drug-likeness (QED) is 0.182. The molecule has 12 aromatic rings. The van der Waals surface area contributed by atoms with E-state index in [0.717, 1.165) is 66.1 Å². The summed E-state index contributed by atoms with van der Waals surface area (Å²) in [5, 5.41) is 11.6. The molecule has 0 bridgehead atoms. The highest BCUT2D eigenvalue weighted by Crippen LogP contribution is 2.44. The van der Waals surface area contributed by atoms with Gasteiger partial charge in [0.25, 0.3) is 0 Å². The molecule has 3 heterocycles. The van der Waals surface area contributed by atoms with E-state index in [-0.39, 0.29) is 0 Å². The Morgan fingerprint density at radius 3 is 1.55 bits per heavy atom. The fourth-order valence-electron chi connectivity index (χ4n) is 8.76. The predicted octanol–water partition coefficient (Wildman–Crippen LogP) is 13.3. The Balaban J connectivity index is 1.23.